The molecule has 2 aliphatic rings. The zero-order chi connectivity index (χ0) is 12.2. The molecule has 0 amide bonds. The summed E-state index contributed by atoms with van der Waals surface area (Å²) in [5, 5.41) is 9.79. The largest absolute Gasteiger partial charge is 0.508 e. The molecule has 90 valence electrons. The highest BCUT2D eigenvalue weighted by molar-refractivity contribution is 5.75. The van der Waals surface area contributed by atoms with E-state index in [4.69, 9.17) is 4.74 Å². The second-order valence-electron chi connectivity index (χ2n) is 5.13. The molecule has 0 aromatic heterocycles. The van der Waals surface area contributed by atoms with Gasteiger partial charge in [-0.1, -0.05) is 13.0 Å². The van der Waals surface area contributed by atoms with Crippen LogP contribution < -0.4 is 0 Å². The molecule has 3 nitrogen and oxygen atoms in total. The van der Waals surface area contributed by atoms with E-state index < -0.39 is 0 Å². The normalized spacial score (nSPS) is 30.7. The number of carbonyl (C=O) groups excluding carboxylic acids is 1. The van der Waals surface area contributed by atoms with E-state index in [-0.39, 0.29) is 23.9 Å². The molecule has 3 atom stereocenters. The summed E-state index contributed by atoms with van der Waals surface area (Å²) in [6.45, 7) is 3.84. The van der Waals surface area contributed by atoms with Crippen molar-refractivity contribution in [2.75, 3.05) is 0 Å². The second-order valence-corrected chi connectivity index (χ2v) is 5.13. The lowest BCUT2D eigenvalue weighted by Crippen LogP contribution is -2.21. The van der Waals surface area contributed by atoms with Crippen molar-refractivity contribution in [3.05, 3.63) is 28.8 Å². The van der Waals surface area contributed by atoms with Gasteiger partial charge in [0.05, 0.1) is 5.92 Å². The summed E-state index contributed by atoms with van der Waals surface area (Å²) in [6.07, 6.45) is 1.82. The number of esters is 1. The van der Waals surface area contributed by atoms with Crippen molar-refractivity contribution in [2.45, 2.75) is 32.8 Å². The molecule has 3 heteroatoms. The summed E-state index contributed by atoms with van der Waals surface area (Å²) in [6, 6.07) is 3.68. The van der Waals surface area contributed by atoms with Gasteiger partial charge in [0.2, 0.25) is 0 Å². The van der Waals surface area contributed by atoms with Crippen LogP contribution in [0.2, 0.25) is 0 Å². The SMILES string of the molecule is Cc1c(O)ccc2c1[C@@H]1OC(=O)[C@@H](C)[C@@H]1CC2. The molecule has 0 radical (unpaired) electrons. The molecule has 1 saturated heterocycles. The Labute approximate surface area is 100 Å². The Morgan fingerprint density at radius 2 is 2.18 bits per heavy atom. The van der Waals surface area contributed by atoms with Crippen molar-refractivity contribution in [1.29, 1.82) is 0 Å². The van der Waals surface area contributed by atoms with E-state index >= 15 is 0 Å². The third-order valence-corrected chi connectivity index (χ3v) is 4.25. The Morgan fingerprint density at radius 1 is 1.41 bits per heavy atom. The van der Waals surface area contributed by atoms with E-state index in [1.165, 1.54) is 5.56 Å². The predicted molar refractivity (Wildman–Crippen MR) is 62.7 cm³/mol. The van der Waals surface area contributed by atoms with E-state index in [9.17, 15) is 9.90 Å². The Bertz CT molecular complexity index is 492. The Morgan fingerprint density at radius 3 is 2.94 bits per heavy atom. The maximum atomic E-state index is 11.7. The van der Waals surface area contributed by atoms with Crippen LogP contribution >= 0.6 is 0 Å². The van der Waals surface area contributed by atoms with Gasteiger partial charge in [-0.05, 0) is 37.0 Å². The Balaban J connectivity index is 2.13. The number of hydrogen-bond acceptors (Lipinski definition) is 3. The number of phenolic OH excluding ortho intramolecular Hbond substituents is 1. The molecule has 1 aromatic carbocycles. The quantitative estimate of drug-likeness (QED) is 0.699. The van der Waals surface area contributed by atoms with Crippen LogP contribution in [0.5, 0.6) is 5.75 Å². The summed E-state index contributed by atoms with van der Waals surface area (Å²) < 4.78 is 5.49. The van der Waals surface area contributed by atoms with Crippen molar-refractivity contribution in [3.8, 4) is 5.75 Å². The minimum atomic E-state index is -0.145. The zero-order valence-electron chi connectivity index (χ0n) is 10.1. The third kappa shape index (κ3) is 1.38. The molecule has 0 spiro atoms. The third-order valence-electron chi connectivity index (χ3n) is 4.25. The van der Waals surface area contributed by atoms with Crippen molar-refractivity contribution < 1.29 is 14.6 Å². The topological polar surface area (TPSA) is 46.5 Å². The first kappa shape index (κ1) is 10.6. The number of fused-ring (bicyclic) bond motifs is 3. The van der Waals surface area contributed by atoms with Gasteiger partial charge < -0.3 is 9.84 Å². The van der Waals surface area contributed by atoms with Gasteiger partial charge in [-0.15, -0.1) is 0 Å². The van der Waals surface area contributed by atoms with Crippen molar-refractivity contribution in [1.82, 2.24) is 0 Å². The second kappa shape index (κ2) is 3.49. The lowest BCUT2D eigenvalue weighted by molar-refractivity contribution is -0.144. The van der Waals surface area contributed by atoms with Gasteiger partial charge in [0.25, 0.3) is 0 Å². The van der Waals surface area contributed by atoms with Crippen LogP contribution in [0.25, 0.3) is 0 Å². The fourth-order valence-corrected chi connectivity index (χ4v) is 3.14. The minimum absolute atomic E-state index is 0.0186. The van der Waals surface area contributed by atoms with E-state index in [0.717, 1.165) is 24.0 Å². The first-order chi connectivity index (χ1) is 8.09. The van der Waals surface area contributed by atoms with Gasteiger partial charge in [0.15, 0.2) is 0 Å². The molecule has 1 heterocycles. The first-order valence-electron chi connectivity index (χ1n) is 6.11. The number of aromatic hydroxyl groups is 1. The molecule has 0 bridgehead atoms. The van der Waals surface area contributed by atoms with Gasteiger partial charge in [-0.3, -0.25) is 4.79 Å². The highest BCUT2D eigenvalue weighted by Gasteiger charge is 2.45. The Kier molecular flexibility index (Phi) is 2.18. The molecular formula is C14H16O3. The highest BCUT2D eigenvalue weighted by atomic mass is 16.6. The number of hydrogen-bond donors (Lipinski definition) is 1. The summed E-state index contributed by atoms with van der Waals surface area (Å²) in [5.41, 5.74) is 3.11. The van der Waals surface area contributed by atoms with Crippen LogP contribution in [0.1, 0.15) is 36.1 Å². The molecule has 1 N–H and O–H groups in total. The van der Waals surface area contributed by atoms with Gasteiger partial charge in [0, 0.05) is 11.5 Å². The monoisotopic (exact) mass is 232 g/mol. The maximum Gasteiger partial charge on any atom is 0.309 e. The smallest absolute Gasteiger partial charge is 0.309 e. The lowest BCUT2D eigenvalue weighted by atomic mass is 9.76. The fraction of sp³-hybridized carbons (Fsp3) is 0.500. The minimum Gasteiger partial charge on any atom is -0.508 e. The molecular weight excluding hydrogens is 216 g/mol. The molecule has 0 saturated carbocycles. The highest BCUT2D eigenvalue weighted by Crippen LogP contribution is 2.48. The summed E-state index contributed by atoms with van der Waals surface area (Å²) in [4.78, 5) is 11.7. The van der Waals surface area contributed by atoms with Crippen LogP contribution in [-0.4, -0.2) is 11.1 Å². The molecule has 1 aliphatic carbocycles. The van der Waals surface area contributed by atoms with E-state index in [1.807, 2.05) is 19.9 Å². The van der Waals surface area contributed by atoms with Gasteiger partial charge in [-0.2, -0.15) is 0 Å². The van der Waals surface area contributed by atoms with Gasteiger partial charge in [0.1, 0.15) is 11.9 Å². The zero-order valence-corrected chi connectivity index (χ0v) is 10.1. The Hall–Kier alpha value is -1.51. The van der Waals surface area contributed by atoms with E-state index in [1.54, 1.807) is 6.07 Å². The van der Waals surface area contributed by atoms with Gasteiger partial charge in [-0.25, -0.2) is 0 Å². The average molecular weight is 232 g/mol. The number of rotatable bonds is 0. The van der Waals surface area contributed by atoms with Crippen molar-refractivity contribution in [3.63, 3.8) is 0 Å². The van der Waals surface area contributed by atoms with Gasteiger partial charge >= 0.3 is 5.97 Å². The first-order valence-corrected chi connectivity index (χ1v) is 6.11. The summed E-state index contributed by atoms with van der Waals surface area (Å²) >= 11 is 0. The summed E-state index contributed by atoms with van der Waals surface area (Å²) in [7, 11) is 0. The van der Waals surface area contributed by atoms with Crippen LogP contribution in [0.15, 0.2) is 12.1 Å². The molecule has 17 heavy (non-hydrogen) atoms. The number of carbonyl (C=O) groups is 1. The molecule has 1 fully saturated rings. The van der Waals surface area contributed by atoms with Crippen LogP contribution in [0, 0.1) is 18.8 Å². The molecule has 1 aliphatic heterocycles. The molecule has 1 aromatic rings. The molecule has 0 unspecified atom stereocenters. The number of aryl methyl sites for hydroxylation is 1. The lowest BCUT2D eigenvalue weighted by Gasteiger charge is -2.29. The predicted octanol–water partition coefficient (Wildman–Crippen LogP) is 2.50. The van der Waals surface area contributed by atoms with Crippen LogP contribution in [0.3, 0.4) is 0 Å². The van der Waals surface area contributed by atoms with E-state index in [2.05, 4.69) is 0 Å². The van der Waals surface area contributed by atoms with Crippen LogP contribution in [0.4, 0.5) is 0 Å². The maximum absolute atomic E-state index is 11.7. The standard InChI is InChI=1S/C14H16O3/c1-7-10-5-3-9-4-6-11(15)8(2)12(9)13(10)17-14(7)16/h4,6-7,10,13,15H,3,5H2,1-2H3/t7-,10-,13+/m0/s1. The average Bonchev–Trinajstić information content (AvgIpc) is 2.60. The molecule has 3 rings (SSSR count). The number of benzene rings is 1. The van der Waals surface area contributed by atoms with Crippen molar-refractivity contribution in [2.24, 2.45) is 11.8 Å². The van der Waals surface area contributed by atoms with E-state index in [0.29, 0.717) is 5.75 Å². The van der Waals surface area contributed by atoms with Crippen LogP contribution in [-0.2, 0) is 16.0 Å². The summed E-state index contributed by atoms with van der Waals surface area (Å²) in [5.74, 6) is 0.445. The number of ether oxygens (including phenoxy) is 1. The number of phenols is 1. The fourth-order valence-electron chi connectivity index (χ4n) is 3.14. The van der Waals surface area contributed by atoms with Crippen molar-refractivity contribution >= 4 is 5.97 Å².